The molecule has 0 aromatic heterocycles. The topological polar surface area (TPSA) is 110 Å². The van der Waals surface area contributed by atoms with Gasteiger partial charge in [-0.15, -0.1) is 0 Å². The van der Waals surface area contributed by atoms with E-state index in [9.17, 15) is 40.1 Å². The summed E-state index contributed by atoms with van der Waals surface area (Å²) in [7, 11) is -6.20. The van der Waals surface area contributed by atoms with E-state index in [1.807, 2.05) is 0 Å². The summed E-state index contributed by atoms with van der Waals surface area (Å²) < 4.78 is 90.6. The fraction of sp³-hybridized carbons (Fsp3) is 0.600. The van der Waals surface area contributed by atoms with Crippen LogP contribution in [-0.2, 0) is 29.2 Å². The van der Waals surface area contributed by atoms with E-state index in [1.54, 1.807) is 0 Å². The van der Waals surface area contributed by atoms with Gasteiger partial charge in [0.05, 0.1) is 0 Å². The van der Waals surface area contributed by atoms with Gasteiger partial charge in [0.1, 0.15) is 0 Å². The van der Waals surface area contributed by atoms with E-state index in [-0.39, 0.29) is 0 Å². The Balaban J connectivity index is 5.02. The molecule has 22 heavy (non-hydrogen) atoms. The van der Waals surface area contributed by atoms with Gasteiger partial charge in [0, 0.05) is 6.08 Å². The Morgan fingerprint density at radius 3 is 2.18 bits per heavy atom. The van der Waals surface area contributed by atoms with Gasteiger partial charge in [0.2, 0.25) is 0 Å². The van der Waals surface area contributed by atoms with Gasteiger partial charge in [-0.3, -0.25) is 0 Å². The highest BCUT2D eigenvalue weighted by Crippen LogP contribution is 2.28. The highest BCUT2D eigenvalue weighted by atomic mass is 32.2. The molecule has 0 aliphatic rings. The Hall–Kier alpha value is -1.69. The van der Waals surface area contributed by atoms with Crippen LogP contribution in [0, 0.1) is 0 Å². The standard InChI is InChI=1S/C10H12F4O7S/c1-3-6(21-7(15)4-2)10(13,14)8(16)20-5-9(11,12)22(17,18)19/h4,6H,2-3,5H2,1H3,(H,17,18,19)/p-1. The first kappa shape index (κ1) is 20.3. The quantitative estimate of drug-likeness (QED) is 0.275. The predicted molar refractivity (Wildman–Crippen MR) is 60.9 cm³/mol. The van der Waals surface area contributed by atoms with Gasteiger partial charge in [0.15, 0.2) is 22.8 Å². The molecule has 0 aliphatic carbocycles. The van der Waals surface area contributed by atoms with Crippen LogP contribution in [0.3, 0.4) is 0 Å². The van der Waals surface area contributed by atoms with Gasteiger partial charge in [0.25, 0.3) is 0 Å². The Labute approximate surface area is 122 Å². The third-order valence-electron chi connectivity index (χ3n) is 2.21. The molecule has 0 fully saturated rings. The van der Waals surface area contributed by atoms with Gasteiger partial charge in [-0.05, 0) is 6.42 Å². The summed E-state index contributed by atoms with van der Waals surface area (Å²) >= 11 is 0. The molecule has 0 bridgehead atoms. The summed E-state index contributed by atoms with van der Waals surface area (Å²) in [6.45, 7) is 1.64. The molecule has 0 saturated heterocycles. The number of carbonyl (C=O) groups is 2. The minimum Gasteiger partial charge on any atom is -0.743 e. The molecule has 0 aliphatic heterocycles. The van der Waals surface area contributed by atoms with E-state index >= 15 is 0 Å². The van der Waals surface area contributed by atoms with E-state index in [2.05, 4.69) is 16.1 Å². The monoisotopic (exact) mass is 351 g/mol. The van der Waals surface area contributed by atoms with Gasteiger partial charge < -0.3 is 14.0 Å². The van der Waals surface area contributed by atoms with Crippen molar-refractivity contribution in [1.82, 2.24) is 0 Å². The second-order valence-electron chi connectivity index (χ2n) is 3.83. The van der Waals surface area contributed by atoms with E-state index in [0.717, 1.165) is 6.92 Å². The zero-order valence-electron chi connectivity index (χ0n) is 11.1. The average Bonchev–Trinajstić information content (AvgIpc) is 2.40. The summed E-state index contributed by atoms with van der Waals surface area (Å²) in [5, 5.41) is -5.07. The Morgan fingerprint density at radius 1 is 1.32 bits per heavy atom. The lowest BCUT2D eigenvalue weighted by Crippen LogP contribution is -2.46. The van der Waals surface area contributed by atoms with Crippen LogP contribution < -0.4 is 0 Å². The van der Waals surface area contributed by atoms with Gasteiger partial charge in [-0.2, -0.15) is 17.6 Å². The molecule has 0 heterocycles. The normalized spacial score (nSPS) is 14.1. The molecule has 0 spiro atoms. The lowest BCUT2D eigenvalue weighted by atomic mass is 10.1. The molecule has 0 N–H and O–H groups in total. The second-order valence-corrected chi connectivity index (χ2v) is 5.33. The van der Waals surface area contributed by atoms with E-state index in [0.29, 0.717) is 6.08 Å². The summed E-state index contributed by atoms with van der Waals surface area (Å²) in [5.41, 5.74) is 0. The zero-order valence-corrected chi connectivity index (χ0v) is 11.9. The Kier molecular flexibility index (Phi) is 6.51. The van der Waals surface area contributed by atoms with Crippen LogP contribution in [0.25, 0.3) is 0 Å². The molecule has 0 saturated carbocycles. The number of rotatable bonds is 8. The van der Waals surface area contributed by atoms with Crippen molar-refractivity contribution < 1.29 is 49.6 Å². The molecule has 1 atom stereocenters. The average molecular weight is 351 g/mol. The number of hydrogen-bond donors (Lipinski definition) is 0. The van der Waals surface area contributed by atoms with Gasteiger partial charge in [-0.25, -0.2) is 18.0 Å². The molecule has 12 heteroatoms. The Morgan fingerprint density at radius 2 is 1.82 bits per heavy atom. The zero-order chi connectivity index (χ0) is 17.8. The van der Waals surface area contributed by atoms with Crippen LogP contribution in [0.1, 0.15) is 13.3 Å². The number of esters is 2. The van der Waals surface area contributed by atoms with Crippen molar-refractivity contribution in [1.29, 1.82) is 0 Å². The Bertz CT molecular complexity index is 543. The smallest absolute Gasteiger partial charge is 0.381 e. The third kappa shape index (κ3) is 4.94. The number of alkyl halides is 4. The van der Waals surface area contributed by atoms with Crippen molar-refractivity contribution >= 4 is 22.1 Å². The summed E-state index contributed by atoms with van der Waals surface area (Å²) in [5.74, 6) is -8.40. The molecule has 0 amide bonds. The maximum absolute atomic E-state index is 13.6. The van der Waals surface area contributed by atoms with Crippen LogP contribution in [0.4, 0.5) is 17.6 Å². The number of ether oxygens (including phenoxy) is 2. The predicted octanol–water partition coefficient (Wildman–Crippen LogP) is 0.811. The molecule has 0 radical (unpaired) electrons. The summed E-state index contributed by atoms with van der Waals surface area (Å²) in [4.78, 5) is 21.9. The number of hydrogen-bond acceptors (Lipinski definition) is 7. The molecule has 0 aromatic carbocycles. The first-order chi connectivity index (χ1) is 9.79. The summed E-state index contributed by atoms with van der Waals surface area (Å²) in [6.07, 6.45) is -2.40. The van der Waals surface area contributed by atoms with Crippen molar-refractivity contribution in [2.45, 2.75) is 30.6 Å². The van der Waals surface area contributed by atoms with Crippen molar-refractivity contribution in [3.63, 3.8) is 0 Å². The van der Waals surface area contributed by atoms with Crippen LogP contribution >= 0.6 is 0 Å². The minimum absolute atomic E-state index is 0.530. The number of halogens is 4. The van der Waals surface area contributed by atoms with Crippen molar-refractivity contribution in [3.8, 4) is 0 Å². The van der Waals surface area contributed by atoms with Crippen LogP contribution in [0.15, 0.2) is 12.7 Å². The highest BCUT2D eigenvalue weighted by molar-refractivity contribution is 7.86. The van der Waals surface area contributed by atoms with Gasteiger partial charge in [-0.1, -0.05) is 13.5 Å². The first-order valence-corrected chi connectivity index (χ1v) is 6.91. The largest absolute Gasteiger partial charge is 0.743 e. The van der Waals surface area contributed by atoms with Crippen molar-refractivity contribution in [3.05, 3.63) is 12.7 Å². The molecule has 0 aromatic rings. The summed E-state index contributed by atoms with van der Waals surface area (Å²) in [6, 6.07) is 0. The van der Waals surface area contributed by atoms with Crippen molar-refractivity contribution in [2.24, 2.45) is 0 Å². The van der Waals surface area contributed by atoms with Crippen LogP contribution in [0.2, 0.25) is 0 Å². The van der Waals surface area contributed by atoms with Crippen LogP contribution in [0.5, 0.6) is 0 Å². The molecule has 1 unspecified atom stereocenters. The molecular formula is C10H11F4O7S-. The highest BCUT2D eigenvalue weighted by Gasteiger charge is 2.52. The van der Waals surface area contributed by atoms with Crippen molar-refractivity contribution in [2.75, 3.05) is 6.61 Å². The maximum Gasteiger partial charge on any atom is 0.381 e. The molecule has 7 nitrogen and oxygen atoms in total. The van der Waals surface area contributed by atoms with E-state index in [1.165, 1.54) is 0 Å². The molecule has 128 valence electrons. The third-order valence-corrected chi connectivity index (χ3v) is 3.06. The van der Waals surface area contributed by atoms with E-state index < -0.39 is 52.4 Å². The minimum atomic E-state index is -6.20. The first-order valence-electron chi connectivity index (χ1n) is 5.51. The van der Waals surface area contributed by atoms with E-state index in [4.69, 9.17) is 0 Å². The maximum atomic E-state index is 13.6. The lowest BCUT2D eigenvalue weighted by Gasteiger charge is -2.25. The molecule has 0 rings (SSSR count). The molecular weight excluding hydrogens is 340 g/mol. The fourth-order valence-corrected chi connectivity index (χ4v) is 1.25. The second kappa shape index (κ2) is 7.05. The fourth-order valence-electron chi connectivity index (χ4n) is 1.05. The van der Waals surface area contributed by atoms with Crippen LogP contribution in [-0.4, -0.2) is 48.8 Å². The van der Waals surface area contributed by atoms with Gasteiger partial charge >= 0.3 is 23.1 Å². The lowest BCUT2D eigenvalue weighted by molar-refractivity contribution is -0.200. The SMILES string of the molecule is C=CC(=O)OC(CC)C(F)(F)C(=O)OCC(F)(F)S(=O)(=O)[O-]. The number of carbonyl (C=O) groups excluding carboxylic acids is 2.